The van der Waals surface area contributed by atoms with E-state index < -0.39 is 23.8 Å². The first-order valence-electron chi connectivity index (χ1n) is 9.43. The van der Waals surface area contributed by atoms with Crippen LogP contribution in [0, 0.1) is 5.41 Å². The topological polar surface area (TPSA) is 83.6 Å². The van der Waals surface area contributed by atoms with Crippen molar-refractivity contribution < 1.29 is 19.2 Å². The van der Waals surface area contributed by atoms with Gasteiger partial charge in [0.25, 0.3) is 11.8 Å². The maximum atomic E-state index is 13.3. The lowest BCUT2D eigenvalue weighted by atomic mass is 9.84. The van der Waals surface area contributed by atoms with Crippen molar-refractivity contribution in [3.8, 4) is 0 Å². The standard InChI is InChI=1S/C22H22N2O4/c1-22(2,3)11-12-9-13-5-4-6-14-18(13)15(10-12)21(28)24(20(14)27)16-7-8-17(25)23-19(16)26/h4-6,9-10,16H,7-8,11H2,1-3H3,(H,23,25,26). The van der Waals surface area contributed by atoms with Crippen LogP contribution in [0.25, 0.3) is 10.8 Å². The highest BCUT2D eigenvalue weighted by atomic mass is 16.2. The lowest BCUT2D eigenvalue weighted by molar-refractivity contribution is -0.136. The number of benzene rings is 2. The molecule has 4 rings (SSSR count). The summed E-state index contributed by atoms with van der Waals surface area (Å²) in [5.41, 5.74) is 1.91. The van der Waals surface area contributed by atoms with Crippen LogP contribution in [0.15, 0.2) is 30.3 Å². The summed E-state index contributed by atoms with van der Waals surface area (Å²) in [4.78, 5) is 51.2. The van der Waals surface area contributed by atoms with Crippen LogP contribution in [-0.4, -0.2) is 34.6 Å². The van der Waals surface area contributed by atoms with Gasteiger partial charge in [0, 0.05) is 22.9 Å². The van der Waals surface area contributed by atoms with Gasteiger partial charge in [-0.05, 0) is 41.3 Å². The van der Waals surface area contributed by atoms with Gasteiger partial charge in [0.2, 0.25) is 11.8 Å². The van der Waals surface area contributed by atoms with Gasteiger partial charge in [-0.25, -0.2) is 0 Å². The Morgan fingerprint density at radius 3 is 2.43 bits per heavy atom. The quantitative estimate of drug-likeness (QED) is 0.815. The number of carbonyl (C=O) groups excluding carboxylic acids is 4. The van der Waals surface area contributed by atoms with Gasteiger partial charge in [-0.3, -0.25) is 29.4 Å². The molecule has 0 radical (unpaired) electrons. The number of nitrogens with one attached hydrogen (secondary N) is 1. The molecule has 144 valence electrons. The molecule has 0 spiro atoms. The molecule has 2 aliphatic heterocycles. The summed E-state index contributed by atoms with van der Waals surface area (Å²) in [6, 6.07) is 8.27. The highest BCUT2D eigenvalue weighted by molar-refractivity contribution is 6.27. The molecule has 4 amide bonds. The Morgan fingerprint density at radius 2 is 1.75 bits per heavy atom. The lowest BCUT2D eigenvalue weighted by Gasteiger charge is -2.34. The smallest absolute Gasteiger partial charge is 0.262 e. The molecular formula is C22H22N2O4. The molecule has 0 bridgehead atoms. The van der Waals surface area contributed by atoms with E-state index in [0.29, 0.717) is 16.5 Å². The monoisotopic (exact) mass is 378 g/mol. The Morgan fingerprint density at radius 1 is 1.04 bits per heavy atom. The molecule has 1 N–H and O–H groups in total. The second-order valence-electron chi connectivity index (χ2n) is 8.73. The minimum Gasteiger partial charge on any atom is -0.295 e. The van der Waals surface area contributed by atoms with Crippen molar-refractivity contribution in [3.05, 3.63) is 47.0 Å². The summed E-state index contributed by atoms with van der Waals surface area (Å²) in [6.07, 6.45) is 1.03. The number of amides is 4. The Balaban J connectivity index is 1.85. The Hall–Kier alpha value is -3.02. The normalized spacial score (nSPS) is 20.0. The van der Waals surface area contributed by atoms with Gasteiger partial charge in [-0.15, -0.1) is 0 Å². The van der Waals surface area contributed by atoms with Gasteiger partial charge < -0.3 is 0 Å². The van der Waals surface area contributed by atoms with Crippen molar-refractivity contribution in [2.24, 2.45) is 5.41 Å². The first kappa shape index (κ1) is 18.3. The summed E-state index contributed by atoms with van der Waals surface area (Å²) in [6.45, 7) is 6.38. The van der Waals surface area contributed by atoms with Crippen LogP contribution in [0.5, 0.6) is 0 Å². The van der Waals surface area contributed by atoms with Gasteiger partial charge in [0.15, 0.2) is 0 Å². The largest absolute Gasteiger partial charge is 0.295 e. The molecule has 2 aliphatic rings. The highest BCUT2D eigenvalue weighted by Crippen LogP contribution is 2.34. The van der Waals surface area contributed by atoms with E-state index in [0.717, 1.165) is 22.3 Å². The number of rotatable bonds is 2. The third-order valence-corrected chi connectivity index (χ3v) is 5.19. The number of hydrogen-bond acceptors (Lipinski definition) is 4. The van der Waals surface area contributed by atoms with E-state index in [1.165, 1.54) is 0 Å². The average Bonchev–Trinajstić information content (AvgIpc) is 2.59. The predicted molar refractivity (Wildman–Crippen MR) is 104 cm³/mol. The van der Waals surface area contributed by atoms with Crippen LogP contribution in [0.3, 0.4) is 0 Å². The van der Waals surface area contributed by atoms with Gasteiger partial charge in [0.05, 0.1) is 0 Å². The zero-order valence-electron chi connectivity index (χ0n) is 16.2. The molecule has 2 heterocycles. The zero-order chi connectivity index (χ0) is 20.2. The van der Waals surface area contributed by atoms with Crippen molar-refractivity contribution in [1.29, 1.82) is 0 Å². The fourth-order valence-electron chi connectivity index (χ4n) is 4.11. The zero-order valence-corrected chi connectivity index (χ0v) is 16.2. The summed E-state index contributed by atoms with van der Waals surface area (Å²) >= 11 is 0. The van der Waals surface area contributed by atoms with Gasteiger partial charge in [0.1, 0.15) is 6.04 Å². The average molecular weight is 378 g/mol. The van der Waals surface area contributed by atoms with Crippen molar-refractivity contribution in [2.45, 2.75) is 46.1 Å². The molecule has 0 saturated carbocycles. The fourth-order valence-corrected chi connectivity index (χ4v) is 4.11. The Labute approximate surface area is 162 Å². The van der Waals surface area contributed by atoms with Gasteiger partial charge in [-0.1, -0.05) is 39.0 Å². The molecule has 0 aliphatic carbocycles. The van der Waals surface area contributed by atoms with Gasteiger partial charge in [-0.2, -0.15) is 0 Å². The summed E-state index contributed by atoms with van der Waals surface area (Å²) in [5.74, 6) is -1.94. The van der Waals surface area contributed by atoms with E-state index in [2.05, 4.69) is 26.1 Å². The summed E-state index contributed by atoms with van der Waals surface area (Å²) in [5, 5.41) is 3.72. The predicted octanol–water partition coefficient (Wildman–Crippen LogP) is 2.83. The van der Waals surface area contributed by atoms with Crippen LogP contribution in [0.2, 0.25) is 0 Å². The molecular weight excluding hydrogens is 356 g/mol. The highest BCUT2D eigenvalue weighted by Gasteiger charge is 2.42. The third-order valence-electron chi connectivity index (χ3n) is 5.19. The Kier molecular flexibility index (Phi) is 4.10. The number of piperidine rings is 1. The number of nitrogens with zero attached hydrogens (tertiary/aromatic N) is 1. The first-order valence-corrected chi connectivity index (χ1v) is 9.43. The van der Waals surface area contributed by atoms with Crippen LogP contribution < -0.4 is 5.32 Å². The van der Waals surface area contributed by atoms with Crippen molar-refractivity contribution in [3.63, 3.8) is 0 Å². The molecule has 1 saturated heterocycles. The third kappa shape index (κ3) is 2.99. The van der Waals surface area contributed by atoms with Gasteiger partial charge >= 0.3 is 0 Å². The molecule has 6 heteroatoms. The Bertz CT molecular complexity index is 1050. The molecule has 0 aromatic heterocycles. The van der Waals surface area contributed by atoms with E-state index in [9.17, 15) is 19.2 Å². The van der Waals surface area contributed by atoms with Crippen LogP contribution >= 0.6 is 0 Å². The van der Waals surface area contributed by atoms with Crippen molar-refractivity contribution in [1.82, 2.24) is 10.2 Å². The molecule has 1 fully saturated rings. The first-order chi connectivity index (χ1) is 13.2. The fraction of sp³-hybridized carbons (Fsp3) is 0.364. The minimum atomic E-state index is -0.965. The number of carbonyl (C=O) groups is 4. The second-order valence-corrected chi connectivity index (χ2v) is 8.73. The number of hydrogen-bond donors (Lipinski definition) is 1. The van der Waals surface area contributed by atoms with E-state index in [-0.39, 0.29) is 24.2 Å². The second kappa shape index (κ2) is 6.26. The molecule has 2 aromatic carbocycles. The van der Waals surface area contributed by atoms with E-state index >= 15 is 0 Å². The van der Waals surface area contributed by atoms with Crippen LogP contribution in [-0.2, 0) is 16.0 Å². The molecule has 6 nitrogen and oxygen atoms in total. The minimum absolute atomic E-state index is 0.0366. The number of imide groups is 2. The lowest BCUT2D eigenvalue weighted by Crippen LogP contribution is -2.57. The maximum absolute atomic E-state index is 13.3. The van der Waals surface area contributed by atoms with Crippen molar-refractivity contribution in [2.75, 3.05) is 0 Å². The summed E-state index contributed by atoms with van der Waals surface area (Å²) in [7, 11) is 0. The van der Waals surface area contributed by atoms with E-state index in [1.54, 1.807) is 12.1 Å². The SMILES string of the molecule is CC(C)(C)Cc1cc2c3c(cccc3c1)C(=O)N(C1CCC(=O)NC1=O)C2=O. The molecule has 28 heavy (non-hydrogen) atoms. The van der Waals surface area contributed by atoms with E-state index in [4.69, 9.17) is 0 Å². The van der Waals surface area contributed by atoms with Crippen LogP contribution in [0.1, 0.15) is 59.9 Å². The molecule has 1 atom stereocenters. The maximum Gasteiger partial charge on any atom is 0.262 e. The molecule has 2 aromatic rings. The van der Waals surface area contributed by atoms with E-state index in [1.807, 2.05) is 18.2 Å². The van der Waals surface area contributed by atoms with Crippen LogP contribution in [0.4, 0.5) is 0 Å². The summed E-state index contributed by atoms with van der Waals surface area (Å²) < 4.78 is 0. The van der Waals surface area contributed by atoms with Crippen molar-refractivity contribution >= 4 is 34.4 Å². The molecule has 1 unspecified atom stereocenters.